The molecule has 0 unspecified atom stereocenters. The predicted molar refractivity (Wildman–Crippen MR) is 174 cm³/mol. The smallest absolute Gasteiger partial charge is 0.229 e. The fourth-order valence-electron chi connectivity index (χ4n) is 5.77. The molecule has 4 heterocycles. The molecule has 4 aromatic rings. The number of aryl methyl sites for hydroxylation is 1. The molecular weight excluding hydrogens is 618 g/mol. The molecule has 42 heavy (non-hydrogen) atoms. The van der Waals surface area contributed by atoms with Crippen LogP contribution in [0, 0.1) is 0 Å². The Morgan fingerprint density at radius 3 is 2.67 bits per heavy atom. The van der Waals surface area contributed by atoms with Crippen molar-refractivity contribution < 1.29 is 9.13 Å². The summed E-state index contributed by atoms with van der Waals surface area (Å²) in [5.74, 6) is 1.82. The van der Waals surface area contributed by atoms with E-state index in [1.807, 2.05) is 24.0 Å². The van der Waals surface area contributed by atoms with Crippen LogP contribution in [0.5, 0.6) is 5.75 Å². The summed E-state index contributed by atoms with van der Waals surface area (Å²) >= 11 is 3.61. The number of aromatic nitrogens is 4. The van der Waals surface area contributed by atoms with E-state index in [2.05, 4.69) is 90.1 Å². The Kier molecular flexibility index (Phi) is 8.34. The second-order valence-electron chi connectivity index (χ2n) is 10.8. The summed E-state index contributed by atoms with van der Waals surface area (Å²) in [5.41, 5.74) is 6.26. The Bertz CT molecular complexity index is 1590. The zero-order valence-corrected chi connectivity index (χ0v) is 26.7. The van der Waals surface area contributed by atoms with Crippen LogP contribution in [0.4, 0.5) is 33.2 Å². The minimum absolute atomic E-state index is 0.297. The summed E-state index contributed by atoms with van der Waals surface area (Å²) in [7, 11) is 3.37. The van der Waals surface area contributed by atoms with E-state index in [-0.39, 0.29) is 14.6 Å². The first kappa shape index (κ1) is 28.8. The molecule has 6 rings (SSSR count). The van der Waals surface area contributed by atoms with Gasteiger partial charge in [-0.05, 0) is 46.7 Å². The number of ether oxygens (including phenoxy) is 1. The summed E-state index contributed by atoms with van der Waals surface area (Å²) in [6, 6.07) is 12.8. The van der Waals surface area contributed by atoms with E-state index < -0.39 is 0 Å². The molecular formula is C30H35BrFN8OP. The Hall–Kier alpha value is -3.27. The number of rotatable bonds is 9. The van der Waals surface area contributed by atoms with E-state index in [4.69, 9.17) is 9.72 Å². The van der Waals surface area contributed by atoms with Gasteiger partial charge in [-0.2, -0.15) is 10.1 Å². The average molecular weight is 654 g/mol. The monoisotopic (exact) mass is 652 g/mol. The molecule has 2 aromatic carbocycles. The van der Waals surface area contributed by atoms with Gasteiger partial charge in [0.15, 0.2) is 0 Å². The van der Waals surface area contributed by atoms with Crippen LogP contribution in [0.15, 0.2) is 53.3 Å². The second-order valence-corrected chi connectivity index (χ2v) is 13.9. The molecule has 0 aliphatic carbocycles. The number of hydrogen-bond acceptors (Lipinski definition) is 8. The number of benzene rings is 2. The molecule has 0 atom stereocenters. The van der Waals surface area contributed by atoms with Crippen LogP contribution in [0.1, 0.15) is 5.69 Å². The molecule has 2 N–H and O–H groups in total. The predicted octanol–water partition coefficient (Wildman–Crippen LogP) is 5.52. The fraction of sp³-hybridized carbons (Fsp3) is 0.367. The first-order chi connectivity index (χ1) is 20.4. The maximum absolute atomic E-state index is 12.9. The normalized spacial score (nSPS) is 15.2. The number of fused-ring (bicyclic) bond motifs is 3. The highest BCUT2D eigenvalue weighted by Crippen LogP contribution is 2.44. The van der Waals surface area contributed by atoms with Crippen molar-refractivity contribution in [3.05, 3.63) is 59.0 Å². The van der Waals surface area contributed by atoms with Crippen LogP contribution < -0.4 is 25.6 Å². The number of alkyl halides is 1. The lowest BCUT2D eigenvalue weighted by Crippen LogP contribution is -2.60. The zero-order valence-electron chi connectivity index (χ0n) is 24.2. The highest BCUT2D eigenvalue weighted by Gasteiger charge is 2.35. The van der Waals surface area contributed by atoms with Gasteiger partial charge in [-0.25, -0.2) is 9.37 Å². The molecule has 220 valence electrons. The quantitative estimate of drug-likeness (QED) is 0.229. The van der Waals surface area contributed by atoms with E-state index in [0.29, 0.717) is 30.1 Å². The second kappa shape index (κ2) is 12.1. The van der Waals surface area contributed by atoms with Crippen molar-refractivity contribution in [1.82, 2.24) is 24.6 Å². The third-order valence-electron chi connectivity index (χ3n) is 7.98. The summed E-state index contributed by atoms with van der Waals surface area (Å²) in [4.78, 5) is 14.0. The van der Waals surface area contributed by atoms with Crippen LogP contribution in [0.25, 0.3) is 11.1 Å². The van der Waals surface area contributed by atoms with Crippen molar-refractivity contribution in [3.8, 4) is 16.9 Å². The van der Waals surface area contributed by atoms with Crippen molar-refractivity contribution in [2.24, 2.45) is 7.05 Å². The van der Waals surface area contributed by atoms with E-state index in [0.717, 1.165) is 58.7 Å². The largest absolute Gasteiger partial charge is 0.494 e. The van der Waals surface area contributed by atoms with Gasteiger partial charge in [0.25, 0.3) is 0 Å². The standard InChI is InChI=1S/C30H35BrFN8OP/c1-38-25-9-11-40(19-17-39(18-19)12-10-32)26-14-27(41-2)24(13-20(26)21(25)15-34-38)36-30-33-16-22(31)29(37-30)35-23-7-5-6-8-28(23)42(3)4/h5-8,13-16,19H,9-12,17-18H2,1-4H3,(H2,33,35,36,37). The number of likely N-dealkylation sites (tertiary alicyclic amines) is 1. The highest BCUT2D eigenvalue weighted by atomic mass is 79.9. The van der Waals surface area contributed by atoms with Crippen LogP contribution in [0.3, 0.4) is 0 Å². The number of methoxy groups -OCH3 is 1. The van der Waals surface area contributed by atoms with Crippen LogP contribution in [0.2, 0.25) is 0 Å². The number of para-hydroxylation sites is 1. The molecule has 0 spiro atoms. The summed E-state index contributed by atoms with van der Waals surface area (Å²) in [6.45, 7) is 7.21. The van der Waals surface area contributed by atoms with Crippen molar-refractivity contribution in [3.63, 3.8) is 0 Å². The molecule has 2 aromatic heterocycles. The molecule has 0 bridgehead atoms. The molecule has 0 saturated carbocycles. The first-order valence-corrected chi connectivity index (χ1v) is 17.0. The van der Waals surface area contributed by atoms with Crippen LogP contribution >= 0.6 is 23.9 Å². The number of hydrogen-bond donors (Lipinski definition) is 2. The SMILES string of the molecule is COc1cc2c(cc1Nc1ncc(Br)c(Nc3ccccc3P(C)C)n1)-c1cnn(C)c1CCN2C1CN(CCF)C1. The third-order valence-corrected chi connectivity index (χ3v) is 9.91. The number of nitrogens with one attached hydrogen (secondary N) is 2. The van der Waals surface area contributed by atoms with E-state index in [1.165, 1.54) is 11.0 Å². The minimum Gasteiger partial charge on any atom is -0.494 e. The van der Waals surface area contributed by atoms with Gasteiger partial charge in [0.1, 0.15) is 18.2 Å². The van der Waals surface area contributed by atoms with E-state index in [9.17, 15) is 4.39 Å². The lowest BCUT2D eigenvalue weighted by molar-refractivity contribution is 0.134. The van der Waals surface area contributed by atoms with Gasteiger partial charge in [0.2, 0.25) is 5.95 Å². The van der Waals surface area contributed by atoms with Crippen molar-refractivity contribution in [2.45, 2.75) is 12.5 Å². The van der Waals surface area contributed by atoms with Gasteiger partial charge >= 0.3 is 0 Å². The third kappa shape index (κ3) is 5.57. The number of halogens is 2. The van der Waals surface area contributed by atoms with Gasteiger partial charge in [-0.1, -0.05) is 26.1 Å². The van der Waals surface area contributed by atoms with E-state index in [1.54, 1.807) is 13.3 Å². The van der Waals surface area contributed by atoms with Crippen molar-refractivity contribution in [1.29, 1.82) is 0 Å². The number of nitrogens with zero attached hydrogens (tertiary/aromatic N) is 6. The first-order valence-electron chi connectivity index (χ1n) is 14.0. The maximum atomic E-state index is 12.9. The summed E-state index contributed by atoms with van der Waals surface area (Å²) < 4.78 is 21.6. The Balaban J connectivity index is 1.35. The van der Waals surface area contributed by atoms with Gasteiger partial charge < -0.3 is 20.3 Å². The Morgan fingerprint density at radius 1 is 1.10 bits per heavy atom. The van der Waals surface area contributed by atoms with Gasteiger partial charge in [0.05, 0.1) is 29.5 Å². The Morgan fingerprint density at radius 2 is 1.90 bits per heavy atom. The molecule has 0 amide bonds. The average Bonchev–Trinajstić information content (AvgIpc) is 3.25. The lowest BCUT2D eigenvalue weighted by atomic mass is 10.0. The molecule has 1 saturated heterocycles. The Labute approximate surface area is 255 Å². The molecule has 0 radical (unpaired) electrons. The van der Waals surface area contributed by atoms with Gasteiger partial charge in [0, 0.05) is 80.1 Å². The molecule has 2 aliphatic heterocycles. The fourth-order valence-corrected chi connectivity index (χ4v) is 7.06. The van der Waals surface area contributed by atoms with Crippen LogP contribution in [-0.2, 0) is 13.5 Å². The molecule has 12 heteroatoms. The van der Waals surface area contributed by atoms with Crippen molar-refractivity contribution >= 4 is 58.0 Å². The van der Waals surface area contributed by atoms with Crippen molar-refractivity contribution in [2.75, 3.05) is 68.8 Å². The maximum Gasteiger partial charge on any atom is 0.229 e. The highest BCUT2D eigenvalue weighted by molar-refractivity contribution is 9.10. The summed E-state index contributed by atoms with van der Waals surface area (Å²) in [6.07, 6.45) is 4.56. The van der Waals surface area contributed by atoms with Gasteiger partial charge in [-0.15, -0.1) is 0 Å². The zero-order chi connectivity index (χ0) is 29.4. The topological polar surface area (TPSA) is 83.4 Å². The molecule has 9 nitrogen and oxygen atoms in total. The number of anilines is 5. The van der Waals surface area contributed by atoms with Gasteiger partial charge in [-0.3, -0.25) is 9.58 Å². The molecule has 2 aliphatic rings. The summed E-state index contributed by atoms with van der Waals surface area (Å²) in [5, 5.41) is 12.8. The minimum atomic E-state index is -0.316. The molecule has 1 fully saturated rings. The lowest BCUT2D eigenvalue weighted by Gasteiger charge is -2.46. The van der Waals surface area contributed by atoms with E-state index >= 15 is 0 Å². The van der Waals surface area contributed by atoms with Crippen LogP contribution in [-0.4, -0.2) is 84.0 Å².